The zero-order chi connectivity index (χ0) is 22.8. The van der Waals surface area contributed by atoms with Gasteiger partial charge in [0.05, 0.1) is 11.9 Å². The second-order valence-electron chi connectivity index (χ2n) is 7.66. The third-order valence-corrected chi connectivity index (χ3v) is 6.49. The van der Waals surface area contributed by atoms with E-state index in [0.29, 0.717) is 5.69 Å². The minimum Gasteiger partial charge on any atom is -0.369 e. The van der Waals surface area contributed by atoms with Gasteiger partial charge in [0.15, 0.2) is 11.6 Å². The van der Waals surface area contributed by atoms with Crippen LogP contribution in [0.4, 0.5) is 25.8 Å². The van der Waals surface area contributed by atoms with Crippen molar-refractivity contribution < 1.29 is 22.0 Å². The molecule has 2 aromatic carbocycles. The quantitative estimate of drug-likeness (QED) is 0.729. The number of nitrogens with one attached hydrogen (secondary N) is 1. The molecular weight excluding hydrogens is 426 g/mol. The van der Waals surface area contributed by atoms with E-state index in [9.17, 15) is 22.0 Å². The zero-order valence-electron chi connectivity index (χ0n) is 17.7. The lowest BCUT2D eigenvalue weighted by Crippen LogP contribution is -2.45. The monoisotopic (exact) mass is 452 g/mol. The Hall–Kier alpha value is -2.72. The van der Waals surface area contributed by atoms with Gasteiger partial charge in [0, 0.05) is 43.6 Å². The molecule has 0 radical (unpaired) electrons. The van der Waals surface area contributed by atoms with Crippen LogP contribution in [0.25, 0.3) is 0 Å². The van der Waals surface area contributed by atoms with Crippen molar-refractivity contribution in [2.24, 2.45) is 0 Å². The van der Waals surface area contributed by atoms with E-state index in [4.69, 9.17) is 0 Å². The number of anilines is 3. The fourth-order valence-corrected chi connectivity index (χ4v) is 4.66. The molecule has 1 N–H and O–H groups in total. The molecule has 7 nitrogen and oxygen atoms in total. The molecule has 0 aromatic heterocycles. The zero-order valence-corrected chi connectivity index (χ0v) is 18.5. The normalized spacial score (nSPS) is 16.1. The van der Waals surface area contributed by atoms with Crippen LogP contribution in [0.1, 0.15) is 6.92 Å². The SMILES string of the molecule is C[C@H](C(=O)Nc1ccc(N2CCN(C)CC2)cc1)N(c1ccc(F)c(F)c1)S(C)(=O)=O. The Labute approximate surface area is 181 Å². The summed E-state index contributed by atoms with van der Waals surface area (Å²) >= 11 is 0. The van der Waals surface area contributed by atoms with E-state index in [-0.39, 0.29) is 5.69 Å². The van der Waals surface area contributed by atoms with E-state index >= 15 is 0 Å². The standard InChI is InChI=1S/C21H26F2N4O3S/c1-15(27(31(3,29)30)18-8-9-19(22)20(23)14-18)21(28)24-16-4-6-17(7-5-16)26-12-10-25(2)11-13-26/h4-9,14-15H,10-13H2,1-3H3,(H,24,28)/t15-/m1/s1. The average molecular weight is 453 g/mol. The Kier molecular flexibility index (Phi) is 6.80. The summed E-state index contributed by atoms with van der Waals surface area (Å²) in [6.45, 7) is 5.16. The maximum Gasteiger partial charge on any atom is 0.247 e. The number of carbonyl (C=O) groups excluding carboxylic acids is 1. The molecule has 10 heteroatoms. The van der Waals surface area contributed by atoms with Gasteiger partial charge in [-0.15, -0.1) is 0 Å². The Balaban J connectivity index is 1.74. The molecule has 2 aromatic rings. The Morgan fingerprint density at radius 1 is 1.03 bits per heavy atom. The lowest BCUT2D eigenvalue weighted by molar-refractivity contribution is -0.116. The number of rotatable bonds is 6. The largest absolute Gasteiger partial charge is 0.369 e. The third-order valence-electron chi connectivity index (χ3n) is 5.25. The summed E-state index contributed by atoms with van der Waals surface area (Å²) in [5, 5.41) is 2.69. The van der Waals surface area contributed by atoms with Gasteiger partial charge in [-0.1, -0.05) is 0 Å². The molecular formula is C21H26F2N4O3S. The van der Waals surface area contributed by atoms with Crippen LogP contribution in [-0.2, 0) is 14.8 Å². The summed E-state index contributed by atoms with van der Waals surface area (Å²) in [6.07, 6.45) is 0.906. The van der Waals surface area contributed by atoms with Gasteiger partial charge < -0.3 is 15.1 Å². The van der Waals surface area contributed by atoms with Gasteiger partial charge in [-0.25, -0.2) is 17.2 Å². The lowest BCUT2D eigenvalue weighted by atomic mass is 10.2. The van der Waals surface area contributed by atoms with Crippen LogP contribution in [0.15, 0.2) is 42.5 Å². The number of amides is 1. The van der Waals surface area contributed by atoms with Crippen molar-refractivity contribution in [3.63, 3.8) is 0 Å². The van der Waals surface area contributed by atoms with Crippen molar-refractivity contribution in [2.45, 2.75) is 13.0 Å². The number of piperazine rings is 1. The number of hydrogen-bond acceptors (Lipinski definition) is 5. The number of halogens is 2. The highest BCUT2D eigenvalue weighted by Gasteiger charge is 2.30. The first-order valence-corrected chi connectivity index (χ1v) is 11.7. The maximum absolute atomic E-state index is 13.6. The van der Waals surface area contributed by atoms with Gasteiger partial charge in [0.25, 0.3) is 0 Å². The second kappa shape index (κ2) is 9.19. The minimum atomic E-state index is -3.94. The first-order chi connectivity index (χ1) is 14.6. The van der Waals surface area contributed by atoms with Crippen LogP contribution in [0.2, 0.25) is 0 Å². The van der Waals surface area contributed by atoms with Crippen LogP contribution in [0.3, 0.4) is 0 Å². The molecule has 0 bridgehead atoms. The number of benzene rings is 2. The molecule has 3 rings (SSSR count). The molecule has 0 saturated carbocycles. The van der Waals surface area contributed by atoms with Crippen LogP contribution in [-0.4, -0.2) is 64.7 Å². The fourth-order valence-electron chi connectivity index (χ4n) is 3.50. The van der Waals surface area contributed by atoms with Crippen molar-refractivity contribution >= 4 is 33.0 Å². The summed E-state index contributed by atoms with van der Waals surface area (Å²) in [7, 11) is -1.86. The van der Waals surface area contributed by atoms with E-state index in [0.717, 1.165) is 60.6 Å². The summed E-state index contributed by atoms with van der Waals surface area (Å²) in [6, 6.07) is 8.81. The molecule has 1 heterocycles. The molecule has 31 heavy (non-hydrogen) atoms. The van der Waals surface area contributed by atoms with Crippen molar-refractivity contribution in [2.75, 3.05) is 54.0 Å². The number of nitrogens with zero attached hydrogens (tertiary/aromatic N) is 3. The maximum atomic E-state index is 13.6. The number of hydrogen-bond donors (Lipinski definition) is 1. The van der Waals surface area contributed by atoms with Gasteiger partial charge in [0.1, 0.15) is 6.04 Å². The highest BCUT2D eigenvalue weighted by molar-refractivity contribution is 7.92. The summed E-state index contributed by atoms with van der Waals surface area (Å²) in [5.41, 5.74) is 1.42. The fraction of sp³-hybridized carbons (Fsp3) is 0.381. The topological polar surface area (TPSA) is 73.0 Å². The Morgan fingerprint density at radius 2 is 1.65 bits per heavy atom. The molecule has 1 fully saturated rings. The average Bonchev–Trinajstić information content (AvgIpc) is 2.71. The molecule has 1 aliphatic rings. The second-order valence-corrected chi connectivity index (χ2v) is 9.52. The predicted octanol–water partition coefficient (Wildman–Crippen LogP) is 2.51. The van der Waals surface area contributed by atoms with Gasteiger partial charge in [0.2, 0.25) is 15.9 Å². The first kappa shape index (κ1) is 23.0. The van der Waals surface area contributed by atoms with E-state index in [2.05, 4.69) is 22.2 Å². The van der Waals surface area contributed by atoms with Gasteiger partial charge in [-0.05, 0) is 50.4 Å². The van der Waals surface area contributed by atoms with Crippen LogP contribution >= 0.6 is 0 Å². The van der Waals surface area contributed by atoms with E-state index in [1.54, 1.807) is 12.1 Å². The van der Waals surface area contributed by atoms with Crippen molar-refractivity contribution in [3.05, 3.63) is 54.1 Å². The Bertz CT molecular complexity index is 1040. The molecule has 0 aliphatic carbocycles. The smallest absolute Gasteiger partial charge is 0.247 e. The van der Waals surface area contributed by atoms with Crippen molar-refractivity contribution in [1.29, 1.82) is 0 Å². The van der Waals surface area contributed by atoms with Crippen LogP contribution in [0.5, 0.6) is 0 Å². The number of sulfonamides is 1. The van der Waals surface area contributed by atoms with Crippen LogP contribution < -0.4 is 14.5 Å². The summed E-state index contributed by atoms with van der Waals surface area (Å²) in [5.74, 6) is -2.89. The molecule has 1 amide bonds. The van der Waals surface area contributed by atoms with Gasteiger partial charge in [-0.2, -0.15) is 0 Å². The predicted molar refractivity (Wildman–Crippen MR) is 118 cm³/mol. The van der Waals surface area contributed by atoms with Crippen molar-refractivity contribution in [1.82, 2.24) is 4.90 Å². The highest BCUT2D eigenvalue weighted by Crippen LogP contribution is 2.24. The summed E-state index contributed by atoms with van der Waals surface area (Å²) in [4.78, 5) is 17.3. The Morgan fingerprint density at radius 3 is 2.19 bits per heavy atom. The molecule has 0 unspecified atom stereocenters. The molecule has 0 spiro atoms. The molecule has 1 atom stereocenters. The first-order valence-electron chi connectivity index (χ1n) is 9.85. The number of likely N-dealkylation sites (N-methyl/N-ethyl adjacent to an activating group) is 1. The van der Waals surface area contributed by atoms with Crippen LogP contribution in [0, 0.1) is 11.6 Å². The highest BCUT2D eigenvalue weighted by atomic mass is 32.2. The van der Waals surface area contributed by atoms with Gasteiger partial charge >= 0.3 is 0 Å². The lowest BCUT2D eigenvalue weighted by Gasteiger charge is -2.34. The van der Waals surface area contributed by atoms with E-state index < -0.39 is 33.6 Å². The number of carbonyl (C=O) groups is 1. The third kappa shape index (κ3) is 5.50. The van der Waals surface area contributed by atoms with E-state index in [1.165, 1.54) is 6.92 Å². The minimum absolute atomic E-state index is 0.130. The summed E-state index contributed by atoms with van der Waals surface area (Å²) < 4.78 is 52.3. The van der Waals surface area contributed by atoms with E-state index in [1.807, 2.05) is 12.1 Å². The van der Waals surface area contributed by atoms with Crippen molar-refractivity contribution in [3.8, 4) is 0 Å². The van der Waals surface area contributed by atoms with Gasteiger partial charge in [-0.3, -0.25) is 9.10 Å². The molecule has 1 saturated heterocycles. The molecule has 1 aliphatic heterocycles. The molecule has 168 valence electrons.